The van der Waals surface area contributed by atoms with Crippen LogP contribution in [0.5, 0.6) is 0 Å². The zero-order chi connectivity index (χ0) is 28.6. The molecule has 0 saturated carbocycles. The summed E-state index contributed by atoms with van der Waals surface area (Å²) >= 11 is 0. The highest BCUT2D eigenvalue weighted by atomic mass is 16.4. The van der Waals surface area contributed by atoms with Crippen LogP contribution in [0.15, 0.2) is 42.5 Å². The summed E-state index contributed by atoms with van der Waals surface area (Å²) in [6, 6.07) is 13.9. The van der Waals surface area contributed by atoms with E-state index in [9.17, 15) is 14.7 Å². The number of nitrogen functional groups attached to an aromatic ring is 1. The molecule has 0 spiro atoms. The first-order valence-electron chi connectivity index (χ1n) is 13.6. The highest BCUT2D eigenvalue weighted by molar-refractivity contribution is 5.95. The lowest BCUT2D eigenvalue weighted by molar-refractivity contribution is -0.141. The van der Waals surface area contributed by atoms with Crippen molar-refractivity contribution < 1.29 is 14.7 Å². The van der Waals surface area contributed by atoms with Crippen LogP contribution in [0.4, 0.5) is 11.4 Å². The van der Waals surface area contributed by atoms with Crippen LogP contribution < -0.4 is 16.6 Å². The number of aryl methyl sites for hydroxylation is 2. The number of hydrazine groups is 1. The molecule has 0 bridgehead atoms. The monoisotopic (exact) mass is 528 g/mol. The van der Waals surface area contributed by atoms with E-state index < -0.39 is 17.8 Å². The molecule has 1 aliphatic heterocycles. The summed E-state index contributed by atoms with van der Waals surface area (Å²) in [4.78, 5) is 27.6. The fourth-order valence-corrected chi connectivity index (χ4v) is 5.65. The summed E-state index contributed by atoms with van der Waals surface area (Å²) in [5, 5.41) is 11.6. The Balaban J connectivity index is 1.72. The van der Waals surface area contributed by atoms with Crippen LogP contribution in [-0.4, -0.2) is 35.0 Å². The second kappa shape index (κ2) is 11.1. The van der Waals surface area contributed by atoms with E-state index in [-0.39, 0.29) is 5.91 Å². The lowest BCUT2D eigenvalue weighted by Crippen LogP contribution is -2.36. The summed E-state index contributed by atoms with van der Waals surface area (Å²) < 4.78 is 0. The van der Waals surface area contributed by atoms with Crippen molar-refractivity contribution >= 4 is 23.3 Å². The highest BCUT2D eigenvalue weighted by Gasteiger charge is 2.31. The number of carboxylic acids is 1. The Kier molecular flexibility index (Phi) is 8.02. The van der Waals surface area contributed by atoms with Gasteiger partial charge in [-0.25, -0.2) is 5.84 Å². The van der Waals surface area contributed by atoms with Crippen molar-refractivity contribution in [2.45, 2.75) is 60.4 Å². The summed E-state index contributed by atoms with van der Waals surface area (Å²) in [5.41, 5.74) is 16.7. The van der Waals surface area contributed by atoms with Crippen molar-refractivity contribution in [1.82, 2.24) is 4.90 Å². The van der Waals surface area contributed by atoms with Crippen molar-refractivity contribution in [2.75, 3.05) is 23.8 Å². The van der Waals surface area contributed by atoms with Crippen LogP contribution >= 0.6 is 0 Å². The van der Waals surface area contributed by atoms with Gasteiger partial charge in [0.15, 0.2) is 0 Å². The van der Waals surface area contributed by atoms with Crippen molar-refractivity contribution in [1.29, 1.82) is 0 Å². The van der Waals surface area contributed by atoms with E-state index in [2.05, 4.69) is 19.1 Å². The number of aliphatic carboxylic acids is 1. The van der Waals surface area contributed by atoms with Gasteiger partial charge in [-0.3, -0.25) is 9.59 Å². The average Bonchev–Trinajstić information content (AvgIpc) is 2.92. The molecule has 1 amide bonds. The summed E-state index contributed by atoms with van der Waals surface area (Å²) in [6.45, 7) is 13.5. The number of fused-ring (bicyclic) bond motifs is 1. The number of nitrogens with two attached hydrogens (primary N) is 2. The van der Waals surface area contributed by atoms with Crippen LogP contribution in [0.25, 0.3) is 0 Å². The lowest BCUT2D eigenvalue weighted by atomic mass is 9.78. The molecule has 0 radical (unpaired) electrons. The Hall–Kier alpha value is -3.84. The van der Waals surface area contributed by atoms with Crippen molar-refractivity contribution in [3.05, 3.63) is 92.5 Å². The molecule has 2 atom stereocenters. The minimum atomic E-state index is -0.879. The molecule has 0 fully saturated rings. The smallest absolute Gasteiger partial charge is 0.307 e. The van der Waals surface area contributed by atoms with Crippen molar-refractivity contribution in [2.24, 2.45) is 11.8 Å². The van der Waals surface area contributed by atoms with Crippen molar-refractivity contribution in [3.8, 4) is 0 Å². The van der Waals surface area contributed by atoms with Gasteiger partial charge in [0.05, 0.1) is 17.3 Å². The number of carboxylic acid groups (broad SMARTS) is 1. The summed E-state index contributed by atoms with van der Waals surface area (Å²) in [6.07, 6.45) is 0.758. The highest BCUT2D eigenvalue weighted by Crippen LogP contribution is 2.40. The van der Waals surface area contributed by atoms with E-state index in [1.807, 2.05) is 62.9 Å². The first-order valence-corrected chi connectivity index (χ1v) is 13.6. The maximum absolute atomic E-state index is 13.5. The molecule has 1 aliphatic rings. The molecule has 7 heteroatoms. The Labute approximate surface area is 231 Å². The molecule has 0 saturated heterocycles. The molecule has 4 rings (SSSR count). The fourth-order valence-electron chi connectivity index (χ4n) is 5.65. The van der Waals surface area contributed by atoms with Crippen LogP contribution in [0.2, 0.25) is 0 Å². The molecule has 7 nitrogen and oxygen atoms in total. The topological polar surface area (TPSA) is 113 Å². The number of anilines is 2. The number of benzene rings is 3. The van der Waals surface area contributed by atoms with Gasteiger partial charge >= 0.3 is 5.97 Å². The maximum atomic E-state index is 13.5. The Bertz CT molecular complexity index is 1410. The second-order valence-electron chi connectivity index (χ2n) is 10.8. The normalized spacial score (nSPS) is 14.5. The Morgan fingerprint density at radius 1 is 1.00 bits per heavy atom. The van der Waals surface area contributed by atoms with Crippen LogP contribution in [0, 0.1) is 33.6 Å². The van der Waals surface area contributed by atoms with Gasteiger partial charge in [-0.2, -0.15) is 0 Å². The number of hydrogen-bond acceptors (Lipinski definition) is 5. The van der Waals surface area contributed by atoms with E-state index in [1.54, 1.807) is 11.9 Å². The Morgan fingerprint density at radius 3 is 2.28 bits per heavy atom. The molecule has 39 heavy (non-hydrogen) atoms. The summed E-state index contributed by atoms with van der Waals surface area (Å²) in [5.74, 6) is 4.16. The molecule has 5 N–H and O–H groups in total. The zero-order valence-electron chi connectivity index (χ0n) is 23.8. The van der Waals surface area contributed by atoms with Gasteiger partial charge in [0.25, 0.3) is 5.91 Å². The molecule has 0 aliphatic carbocycles. The van der Waals surface area contributed by atoms with Crippen LogP contribution in [-0.2, 0) is 17.8 Å². The minimum Gasteiger partial charge on any atom is -0.481 e. The molecule has 3 aromatic rings. The molecule has 2 unspecified atom stereocenters. The fraction of sp³-hybridized carbons (Fsp3) is 0.375. The first kappa shape index (κ1) is 28.2. The molecule has 0 aromatic heterocycles. The average molecular weight is 529 g/mol. The first-order chi connectivity index (χ1) is 18.4. The third-order valence-electron chi connectivity index (χ3n) is 8.47. The van der Waals surface area contributed by atoms with Crippen molar-refractivity contribution in [3.63, 3.8) is 0 Å². The van der Waals surface area contributed by atoms with Gasteiger partial charge in [0, 0.05) is 31.1 Å². The van der Waals surface area contributed by atoms with Crippen LogP contribution in [0.1, 0.15) is 74.6 Å². The number of hydrogen-bond donors (Lipinski definition) is 3. The maximum Gasteiger partial charge on any atom is 0.307 e. The molecular formula is C32H40N4O3. The predicted octanol–water partition coefficient (Wildman–Crippen LogP) is 5.25. The van der Waals surface area contributed by atoms with Gasteiger partial charge in [0.2, 0.25) is 0 Å². The van der Waals surface area contributed by atoms with Gasteiger partial charge in [-0.15, -0.1) is 0 Å². The number of carbonyl (C=O) groups excluding carboxylic acids is 1. The van der Waals surface area contributed by atoms with Gasteiger partial charge in [-0.05, 0) is 104 Å². The lowest BCUT2D eigenvalue weighted by Gasteiger charge is -2.31. The number of amides is 1. The SMILES string of the molecule is CCN(N)c1ccc(C(c2ccc3c(c2)CN(C(=O)c2cc(C)c(C)c(C)c2)CC3)C(C)C(=O)O)c(C)c1N. The standard InChI is InChI=1S/C32H40N4O3/c1-7-36(34)28-11-10-27(21(5)30(28)33)29(22(6)32(38)39)24-9-8-23-12-13-35(17-26(23)16-24)31(37)25-14-18(2)20(4)19(3)15-25/h8-11,14-16,22,29H,7,12-13,17,33-34H2,1-6H3,(H,38,39). The van der Waals surface area contributed by atoms with Gasteiger partial charge in [-0.1, -0.05) is 31.2 Å². The second-order valence-corrected chi connectivity index (χ2v) is 10.8. The Morgan fingerprint density at radius 2 is 1.67 bits per heavy atom. The third-order valence-corrected chi connectivity index (χ3v) is 8.47. The zero-order valence-corrected chi connectivity index (χ0v) is 23.8. The van der Waals surface area contributed by atoms with Gasteiger partial charge in [0.1, 0.15) is 0 Å². The van der Waals surface area contributed by atoms with E-state index in [1.165, 1.54) is 11.1 Å². The molecular weight excluding hydrogens is 488 g/mol. The van der Waals surface area contributed by atoms with E-state index in [0.717, 1.165) is 45.5 Å². The molecule has 1 heterocycles. The largest absolute Gasteiger partial charge is 0.481 e. The minimum absolute atomic E-state index is 0.0224. The van der Waals surface area contributed by atoms with Gasteiger partial charge < -0.3 is 20.7 Å². The molecule has 206 valence electrons. The summed E-state index contributed by atoms with van der Waals surface area (Å²) in [7, 11) is 0. The number of nitrogens with zero attached hydrogens (tertiary/aromatic N) is 2. The third kappa shape index (κ3) is 5.36. The quantitative estimate of drug-likeness (QED) is 0.219. The number of carbonyl (C=O) groups is 2. The van der Waals surface area contributed by atoms with E-state index in [0.29, 0.717) is 30.9 Å². The molecule has 3 aromatic carbocycles. The van der Waals surface area contributed by atoms with E-state index in [4.69, 9.17) is 11.6 Å². The van der Waals surface area contributed by atoms with Crippen LogP contribution in [0.3, 0.4) is 0 Å². The predicted molar refractivity (Wildman–Crippen MR) is 157 cm³/mol. The number of rotatable bonds is 7. The van der Waals surface area contributed by atoms with E-state index >= 15 is 0 Å².